The minimum absolute atomic E-state index is 0.272. The molecular weight excluding hydrogens is 314 g/mol. The topological polar surface area (TPSA) is 46.2 Å². The van der Waals surface area contributed by atoms with Crippen molar-refractivity contribution in [2.75, 3.05) is 16.8 Å². The Kier molecular flexibility index (Phi) is 4.02. The Bertz CT molecular complexity index is 517. The van der Waals surface area contributed by atoms with E-state index in [1.54, 1.807) is 0 Å². The fourth-order valence-corrected chi connectivity index (χ4v) is 4.02. The third kappa shape index (κ3) is 3.26. The summed E-state index contributed by atoms with van der Waals surface area (Å²) in [4.78, 5) is 0. The molecular formula is C13H18BrNO2S. The first-order valence-corrected chi connectivity index (χ1v) is 8.72. The number of hydrogen-bond acceptors (Lipinski definition) is 3. The quantitative estimate of drug-likeness (QED) is 0.905. The lowest BCUT2D eigenvalue weighted by atomic mass is 10.1. The molecule has 2 rings (SSSR count). The first-order chi connectivity index (χ1) is 8.37. The van der Waals surface area contributed by atoms with Gasteiger partial charge in [0.1, 0.15) is 9.84 Å². The Morgan fingerprint density at radius 2 is 1.67 bits per heavy atom. The van der Waals surface area contributed by atoms with Crippen LogP contribution in [-0.2, 0) is 9.84 Å². The van der Waals surface area contributed by atoms with Gasteiger partial charge in [0.25, 0.3) is 0 Å². The largest absolute Gasteiger partial charge is 0.382 e. The maximum absolute atomic E-state index is 11.4. The van der Waals surface area contributed by atoms with Crippen molar-refractivity contribution in [1.29, 1.82) is 0 Å². The Balaban J connectivity index is 2.07. The van der Waals surface area contributed by atoms with Crippen molar-refractivity contribution < 1.29 is 8.42 Å². The molecule has 5 heteroatoms. The Hall–Kier alpha value is -0.550. The highest BCUT2D eigenvalue weighted by atomic mass is 79.9. The van der Waals surface area contributed by atoms with Crippen molar-refractivity contribution >= 4 is 31.5 Å². The van der Waals surface area contributed by atoms with Gasteiger partial charge < -0.3 is 5.32 Å². The van der Waals surface area contributed by atoms with E-state index in [1.807, 2.05) is 0 Å². The van der Waals surface area contributed by atoms with Crippen LogP contribution < -0.4 is 5.32 Å². The van der Waals surface area contributed by atoms with Gasteiger partial charge in [-0.2, -0.15) is 0 Å². The lowest BCUT2D eigenvalue weighted by molar-refractivity contribution is 0.559. The molecule has 1 aromatic carbocycles. The normalized spacial score (nSPS) is 19.7. The van der Waals surface area contributed by atoms with Gasteiger partial charge in [-0.1, -0.05) is 15.9 Å². The molecule has 18 heavy (non-hydrogen) atoms. The van der Waals surface area contributed by atoms with Crippen LogP contribution in [0.15, 0.2) is 16.6 Å². The van der Waals surface area contributed by atoms with Crippen LogP contribution in [0, 0.1) is 13.8 Å². The second-order valence-corrected chi connectivity index (χ2v) is 8.09. The highest BCUT2D eigenvalue weighted by Gasteiger charge is 2.23. The number of anilines is 1. The molecule has 1 aromatic rings. The molecule has 0 radical (unpaired) electrons. The molecule has 0 spiro atoms. The summed E-state index contributed by atoms with van der Waals surface area (Å²) in [6.07, 6.45) is 1.41. The Labute approximate surface area is 117 Å². The van der Waals surface area contributed by atoms with E-state index >= 15 is 0 Å². The Morgan fingerprint density at radius 3 is 2.17 bits per heavy atom. The third-order valence-corrected chi connectivity index (χ3v) is 6.33. The van der Waals surface area contributed by atoms with Crippen LogP contribution in [0.5, 0.6) is 0 Å². The van der Waals surface area contributed by atoms with E-state index < -0.39 is 9.84 Å². The van der Waals surface area contributed by atoms with Crippen LogP contribution in [0.25, 0.3) is 0 Å². The van der Waals surface area contributed by atoms with Crippen LogP contribution in [-0.4, -0.2) is 26.0 Å². The smallest absolute Gasteiger partial charge is 0.150 e. The minimum atomic E-state index is -2.78. The molecule has 0 unspecified atom stereocenters. The maximum Gasteiger partial charge on any atom is 0.150 e. The zero-order valence-corrected chi connectivity index (χ0v) is 13.1. The SMILES string of the molecule is Cc1cc(NC2CCS(=O)(=O)CC2)cc(C)c1Br. The molecule has 0 amide bonds. The van der Waals surface area contributed by atoms with E-state index in [-0.39, 0.29) is 6.04 Å². The molecule has 0 aliphatic carbocycles. The van der Waals surface area contributed by atoms with Gasteiger partial charge in [-0.05, 0) is 49.9 Å². The molecule has 1 heterocycles. The van der Waals surface area contributed by atoms with Crippen molar-refractivity contribution in [3.8, 4) is 0 Å². The highest BCUT2D eigenvalue weighted by Crippen LogP contribution is 2.26. The van der Waals surface area contributed by atoms with Crippen LogP contribution in [0.1, 0.15) is 24.0 Å². The molecule has 0 bridgehead atoms. The lowest BCUT2D eigenvalue weighted by Gasteiger charge is -2.24. The highest BCUT2D eigenvalue weighted by molar-refractivity contribution is 9.10. The van der Waals surface area contributed by atoms with E-state index in [0.29, 0.717) is 24.3 Å². The first-order valence-electron chi connectivity index (χ1n) is 6.11. The molecule has 1 aliphatic rings. The zero-order valence-electron chi connectivity index (χ0n) is 10.7. The molecule has 0 saturated carbocycles. The summed E-state index contributed by atoms with van der Waals surface area (Å²) in [5.41, 5.74) is 3.47. The van der Waals surface area contributed by atoms with Gasteiger partial charge in [-0.25, -0.2) is 8.42 Å². The van der Waals surface area contributed by atoms with E-state index in [1.165, 1.54) is 11.1 Å². The van der Waals surface area contributed by atoms with Crippen LogP contribution >= 0.6 is 15.9 Å². The standard InChI is InChI=1S/C13H18BrNO2S/c1-9-7-12(8-10(2)13(9)14)15-11-3-5-18(16,17)6-4-11/h7-8,11,15H,3-6H2,1-2H3. The molecule has 1 aliphatic heterocycles. The molecule has 1 N–H and O–H groups in total. The summed E-state index contributed by atoms with van der Waals surface area (Å²) in [5, 5.41) is 3.44. The summed E-state index contributed by atoms with van der Waals surface area (Å²) < 4.78 is 23.9. The van der Waals surface area contributed by atoms with Gasteiger partial charge >= 0.3 is 0 Å². The molecule has 1 fully saturated rings. The van der Waals surface area contributed by atoms with E-state index in [2.05, 4.69) is 47.2 Å². The molecule has 0 aromatic heterocycles. The molecule has 100 valence electrons. The summed E-state index contributed by atoms with van der Waals surface area (Å²) in [5.74, 6) is 0.609. The van der Waals surface area contributed by atoms with Crippen LogP contribution in [0.3, 0.4) is 0 Å². The minimum Gasteiger partial charge on any atom is -0.382 e. The van der Waals surface area contributed by atoms with Gasteiger partial charge in [0, 0.05) is 16.2 Å². The average Bonchev–Trinajstić information content (AvgIpc) is 2.29. The number of benzene rings is 1. The second-order valence-electron chi connectivity index (χ2n) is 4.99. The van der Waals surface area contributed by atoms with Gasteiger partial charge in [-0.3, -0.25) is 0 Å². The number of nitrogens with one attached hydrogen (secondary N) is 1. The van der Waals surface area contributed by atoms with Crippen LogP contribution in [0.4, 0.5) is 5.69 Å². The van der Waals surface area contributed by atoms with Crippen molar-refractivity contribution in [2.45, 2.75) is 32.7 Å². The fraction of sp³-hybridized carbons (Fsp3) is 0.538. The van der Waals surface area contributed by atoms with E-state index in [9.17, 15) is 8.42 Å². The van der Waals surface area contributed by atoms with Crippen molar-refractivity contribution in [3.05, 3.63) is 27.7 Å². The number of rotatable bonds is 2. The summed E-state index contributed by atoms with van der Waals surface area (Å²) >= 11 is 3.55. The van der Waals surface area contributed by atoms with Crippen molar-refractivity contribution in [1.82, 2.24) is 0 Å². The van der Waals surface area contributed by atoms with Crippen molar-refractivity contribution in [3.63, 3.8) is 0 Å². The number of sulfone groups is 1. The Morgan fingerprint density at radius 1 is 1.17 bits per heavy atom. The number of hydrogen-bond donors (Lipinski definition) is 1. The lowest BCUT2D eigenvalue weighted by Crippen LogP contribution is -2.32. The number of halogens is 1. The van der Waals surface area contributed by atoms with E-state index in [4.69, 9.17) is 0 Å². The van der Waals surface area contributed by atoms with Gasteiger partial charge in [0.15, 0.2) is 0 Å². The molecule has 0 atom stereocenters. The third-order valence-electron chi connectivity index (χ3n) is 3.36. The predicted molar refractivity (Wildman–Crippen MR) is 78.9 cm³/mol. The maximum atomic E-state index is 11.4. The number of aryl methyl sites for hydroxylation is 2. The van der Waals surface area contributed by atoms with E-state index in [0.717, 1.165) is 10.2 Å². The molecule has 1 saturated heterocycles. The summed E-state index contributed by atoms with van der Waals surface area (Å²) in [6.45, 7) is 4.13. The second kappa shape index (κ2) is 5.21. The summed E-state index contributed by atoms with van der Waals surface area (Å²) in [7, 11) is -2.78. The van der Waals surface area contributed by atoms with Gasteiger partial charge in [0.2, 0.25) is 0 Å². The van der Waals surface area contributed by atoms with Gasteiger partial charge in [-0.15, -0.1) is 0 Å². The summed E-state index contributed by atoms with van der Waals surface area (Å²) in [6, 6.07) is 4.47. The first kappa shape index (κ1) is 13.9. The van der Waals surface area contributed by atoms with Crippen LogP contribution in [0.2, 0.25) is 0 Å². The van der Waals surface area contributed by atoms with Gasteiger partial charge in [0.05, 0.1) is 11.5 Å². The average molecular weight is 332 g/mol. The van der Waals surface area contributed by atoms with Crippen molar-refractivity contribution in [2.24, 2.45) is 0 Å². The zero-order chi connectivity index (χ0) is 13.3. The predicted octanol–water partition coefficient (Wildman–Crippen LogP) is 3.06. The molecule has 3 nitrogen and oxygen atoms in total. The monoisotopic (exact) mass is 331 g/mol. The fourth-order valence-electron chi connectivity index (χ4n) is 2.30.